The summed E-state index contributed by atoms with van der Waals surface area (Å²) in [5.41, 5.74) is 12.6. The van der Waals surface area contributed by atoms with E-state index in [9.17, 15) is 29.4 Å². The number of benzene rings is 8. The number of Topliss-reactive ketones (excluding diaryl/α,β-unsaturated/α-hetero) is 1. The van der Waals surface area contributed by atoms with Gasteiger partial charge in [0.15, 0.2) is 0 Å². The Morgan fingerprint density at radius 1 is 0.384 bits per heavy atom. The number of hydrogen-bond acceptors (Lipinski definition) is 24. The van der Waals surface area contributed by atoms with E-state index in [0.29, 0.717) is 66.1 Å². The molecular formula is C107H125Br2N15O14. The van der Waals surface area contributed by atoms with Crippen LogP contribution in [0.4, 0.5) is 0 Å². The van der Waals surface area contributed by atoms with E-state index in [1.54, 1.807) is 66.4 Å². The first-order valence-electron chi connectivity index (χ1n) is 48.4. The van der Waals surface area contributed by atoms with E-state index in [2.05, 4.69) is 240 Å². The van der Waals surface area contributed by atoms with Gasteiger partial charge >= 0.3 is 17.9 Å². The highest BCUT2D eigenvalue weighted by molar-refractivity contribution is 9.10. The first-order chi connectivity index (χ1) is 67.4. The zero-order valence-electron chi connectivity index (χ0n) is 79.1. The number of methoxy groups -OCH3 is 2. The van der Waals surface area contributed by atoms with E-state index in [4.69, 9.17) is 37.9 Å². The molecule has 0 saturated heterocycles. The second kappa shape index (κ2) is 52.3. The predicted octanol–water partition coefficient (Wildman–Crippen LogP) is 21.3. The summed E-state index contributed by atoms with van der Waals surface area (Å²) >= 11 is 6.94. The number of aliphatic hydroxyl groups excluding tert-OH is 2. The maximum atomic E-state index is 12.6. The van der Waals surface area contributed by atoms with Crippen molar-refractivity contribution in [2.75, 3.05) is 34.0 Å². The average molecular weight is 2010 g/mol. The van der Waals surface area contributed by atoms with Gasteiger partial charge in [0.1, 0.15) is 60.9 Å². The maximum Gasteiger partial charge on any atom is 0.364 e. The Kier molecular flexibility index (Phi) is 38.4. The largest absolute Gasteiger partial charge is 0.497 e. The Balaban J connectivity index is 0.000000138. The molecular weight excluding hydrogens is 1880 g/mol. The van der Waals surface area contributed by atoms with E-state index < -0.39 is 17.9 Å². The molecule has 726 valence electrons. The lowest BCUT2D eigenvalue weighted by Crippen LogP contribution is -2.25. The van der Waals surface area contributed by atoms with Crippen LogP contribution in [0.2, 0.25) is 0 Å². The molecule has 6 saturated carbocycles. The molecule has 0 atom stereocenters. The van der Waals surface area contributed by atoms with Gasteiger partial charge in [-0.05, 0) is 315 Å². The lowest BCUT2D eigenvalue weighted by Gasteiger charge is -2.29. The normalized spacial score (nSPS) is 20.2. The van der Waals surface area contributed by atoms with Crippen LogP contribution in [-0.2, 0) is 32.1 Å². The summed E-state index contributed by atoms with van der Waals surface area (Å²) in [6.45, 7) is 6.94. The summed E-state index contributed by atoms with van der Waals surface area (Å²) in [7, 11) is 3.27. The molecule has 29 nitrogen and oxygen atoms in total. The van der Waals surface area contributed by atoms with Gasteiger partial charge in [-0.2, -0.15) is 10.2 Å². The van der Waals surface area contributed by atoms with Gasteiger partial charge < -0.3 is 48.1 Å². The molecule has 3 N–H and O–H groups in total. The van der Waals surface area contributed by atoms with Crippen LogP contribution >= 0.6 is 31.9 Å². The third-order valence-corrected chi connectivity index (χ3v) is 27.5. The quantitative estimate of drug-likeness (QED) is 0.0335. The third kappa shape index (κ3) is 29.5. The van der Waals surface area contributed by atoms with Crippen molar-refractivity contribution in [3.8, 4) is 40.5 Å². The number of rotatable bonds is 26. The number of aromatic amines is 1. The monoisotopic (exact) mass is 2000 g/mol. The van der Waals surface area contributed by atoms with E-state index in [1.165, 1.54) is 46.0 Å². The highest BCUT2D eigenvalue weighted by Gasteiger charge is 2.34. The number of ether oxygens (including phenoxy) is 8. The van der Waals surface area contributed by atoms with Crippen molar-refractivity contribution in [3.05, 3.63) is 302 Å². The minimum atomic E-state index is -0.528. The van der Waals surface area contributed by atoms with Gasteiger partial charge in [-0.3, -0.25) is 4.79 Å². The van der Waals surface area contributed by atoms with E-state index in [-0.39, 0.29) is 73.3 Å². The molecule has 6 aliphatic carbocycles. The van der Waals surface area contributed by atoms with Crippen molar-refractivity contribution in [2.45, 2.75) is 254 Å². The fourth-order valence-electron chi connectivity index (χ4n) is 18.7. The number of esters is 3. The number of ketones is 1. The Hall–Kier alpha value is -12.6. The van der Waals surface area contributed by atoms with E-state index >= 15 is 0 Å². The Morgan fingerprint density at radius 3 is 1.05 bits per heavy atom. The van der Waals surface area contributed by atoms with Crippen molar-refractivity contribution in [1.82, 2.24) is 74.9 Å². The van der Waals surface area contributed by atoms with Crippen LogP contribution in [0, 0.1) is 0 Å². The zero-order chi connectivity index (χ0) is 96.3. The second-order valence-corrected chi connectivity index (χ2v) is 37.4. The minimum Gasteiger partial charge on any atom is -0.497 e. The molecule has 5 heterocycles. The van der Waals surface area contributed by atoms with Gasteiger partial charge in [0.25, 0.3) is 5.88 Å². The predicted molar refractivity (Wildman–Crippen MR) is 530 cm³/mol. The summed E-state index contributed by atoms with van der Waals surface area (Å²) in [5, 5.41) is 53.8. The summed E-state index contributed by atoms with van der Waals surface area (Å²) in [5.74, 6) is 4.83. The number of nitrogens with zero attached hydrogens (tertiary/aromatic N) is 14. The van der Waals surface area contributed by atoms with Gasteiger partial charge in [0.05, 0.1) is 70.7 Å². The Morgan fingerprint density at radius 2 is 0.710 bits per heavy atom. The van der Waals surface area contributed by atoms with Crippen molar-refractivity contribution < 1.29 is 67.3 Å². The number of hydrogen-bond donors (Lipinski definition) is 3. The SMILES string of the molecule is CCOC(=O)c1[nH]nnc1OC1CCC(c2ccc(-n3cncn3)cc2)CC1.CCOC(=O)c1nnn(Cc2ccc(OC)cc2)c1OC1CCC(c2ccc(-n3cncn3)cc2)CC1.CCOC(=O)c1nnn(Cc2ccc(OC)cc2)c1OC1CCC(c2ccc(Br)cc2)CC1.O=C1CCC(c2ccccc2)CC1.OC1CCC(c2ccc(Br)cc2)CC1.OC1CCC(c2ccccc2)CC1. The van der Waals surface area contributed by atoms with Crippen LogP contribution in [-0.4, -0.2) is 173 Å². The molecule has 5 aromatic heterocycles. The summed E-state index contributed by atoms with van der Waals surface area (Å²) in [6, 6.07) is 70.6. The Labute approximate surface area is 823 Å². The fraction of sp³-hybridized carbons (Fsp3) is 0.421. The number of halogens is 2. The molecule has 0 spiro atoms. The zero-order valence-corrected chi connectivity index (χ0v) is 82.3. The van der Waals surface area contributed by atoms with Crippen LogP contribution in [0.15, 0.2) is 241 Å². The van der Waals surface area contributed by atoms with E-state index in [1.807, 2.05) is 54.6 Å². The van der Waals surface area contributed by atoms with E-state index in [0.717, 1.165) is 197 Å². The van der Waals surface area contributed by atoms with Gasteiger partial charge in [-0.15, -0.1) is 10.2 Å². The van der Waals surface area contributed by atoms with Gasteiger partial charge in [-0.25, -0.2) is 48.2 Å². The van der Waals surface area contributed by atoms with Crippen molar-refractivity contribution >= 4 is 55.6 Å². The number of carbonyl (C=O) groups is 4. The molecule has 13 aromatic rings. The van der Waals surface area contributed by atoms with Crippen LogP contribution in [0.5, 0.6) is 29.1 Å². The van der Waals surface area contributed by atoms with Crippen LogP contribution in [0.1, 0.15) is 286 Å². The van der Waals surface area contributed by atoms with Crippen LogP contribution in [0.3, 0.4) is 0 Å². The number of aromatic nitrogens is 15. The fourth-order valence-corrected chi connectivity index (χ4v) is 19.2. The number of aliphatic hydroxyl groups is 2. The topological polar surface area (TPSA) is 347 Å². The number of H-pyrrole nitrogens is 1. The van der Waals surface area contributed by atoms with Crippen LogP contribution in [0.25, 0.3) is 11.4 Å². The van der Waals surface area contributed by atoms with Crippen molar-refractivity contribution in [1.29, 1.82) is 0 Å². The average Bonchev–Trinajstić information content (AvgIpc) is 1.68. The minimum absolute atomic E-state index is 0.00186. The lowest BCUT2D eigenvalue weighted by molar-refractivity contribution is -0.120. The highest BCUT2D eigenvalue weighted by atomic mass is 79.9. The molecule has 8 aromatic carbocycles. The van der Waals surface area contributed by atoms with Crippen LogP contribution < -0.4 is 23.7 Å². The molecule has 19 rings (SSSR count). The summed E-state index contributed by atoms with van der Waals surface area (Å²) in [6.07, 6.45) is 29.7. The van der Waals surface area contributed by atoms with Gasteiger partial charge in [0.2, 0.25) is 28.8 Å². The first-order valence-corrected chi connectivity index (χ1v) is 50.0. The molecule has 0 amide bonds. The first kappa shape index (κ1) is 101. The maximum absolute atomic E-state index is 12.6. The molecule has 0 radical (unpaired) electrons. The molecule has 31 heteroatoms. The standard InChI is InChI=1S/C27H30N6O4.C25H28BrN3O4.C19H22N6O3.C12H15BrO.C12H16O.C12H14O/c1-3-36-27(34)25-26(32(31-30-25)16-19-4-12-23(35-2)13-5-19)37-24-14-8-21(9-15-24)20-6-10-22(11-7-20)33-18-28-17-29-33;1-3-32-25(30)23-24(29(28-27-23)16-17-4-12-21(31-2)13-5-17)33-22-14-8-19(9-15-22)18-6-10-20(26)11-7-18;1-2-27-19(26)17-18(23-24-22-17)28-16-9-5-14(6-10-16)13-3-7-15(8-4-13)25-12-20-11-21-25;13-11-5-1-9(2-6-11)10-3-7-12(14)8-4-10;2*13-12-8-6-11(7-9-12)10-4-2-1-3-5-10/h4-7,10-13,17-18,21,24H,3,8-9,14-16H2,1-2H3;4-7,10-13,19,22H,3,8-9,14-16H2,1-2H3;3-4,7-8,11-12,14,16H,2,5-6,9-10H2,1H3,(H,22,23,24);1-2,5-6,10,12,14H,3-4,7-8H2;1-5,11-13H,6-9H2;1-5,11H,6-9H2. The second-order valence-electron chi connectivity index (χ2n) is 35.5. The molecule has 6 fully saturated rings. The molecule has 138 heavy (non-hydrogen) atoms. The lowest BCUT2D eigenvalue weighted by atomic mass is 9.82. The highest BCUT2D eigenvalue weighted by Crippen LogP contribution is 2.42. The number of nitrogens with one attached hydrogen (secondary N) is 1. The van der Waals surface area contributed by atoms with Gasteiger partial charge in [-0.1, -0.05) is 186 Å². The molecule has 0 unspecified atom stereocenters. The molecule has 0 bridgehead atoms. The molecule has 0 aliphatic heterocycles. The summed E-state index contributed by atoms with van der Waals surface area (Å²) in [4.78, 5) is 56.0. The summed E-state index contributed by atoms with van der Waals surface area (Å²) < 4.78 is 53.5. The third-order valence-electron chi connectivity index (χ3n) is 26.4. The van der Waals surface area contributed by atoms with Gasteiger partial charge in [0, 0.05) is 21.8 Å². The number of carbonyl (C=O) groups excluding carboxylic acids is 4. The van der Waals surface area contributed by atoms with Crippen molar-refractivity contribution in [3.63, 3.8) is 0 Å². The van der Waals surface area contributed by atoms with Crippen molar-refractivity contribution in [2.24, 2.45) is 0 Å². The Bertz CT molecular complexity index is 5790. The smallest absolute Gasteiger partial charge is 0.364 e. The molecule has 6 aliphatic rings.